The van der Waals surface area contributed by atoms with Gasteiger partial charge in [0.1, 0.15) is 0 Å². The van der Waals surface area contributed by atoms with Crippen molar-refractivity contribution in [3.8, 4) is 0 Å². The number of imide groups is 1. The molecule has 0 radical (unpaired) electrons. The molecule has 6 nitrogen and oxygen atoms in total. The van der Waals surface area contributed by atoms with E-state index in [0.717, 1.165) is 19.4 Å². The molecule has 19 heavy (non-hydrogen) atoms. The predicted molar refractivity (Wildman–Crippen MR) is 71.3 cm³/mol. The number of nitrogens with one attached hydrogen (secondary N) is 2. The third-order valence-electron chi connectivity index (χ3n) is 2.86. The fourth-order valence-corrected chi connectivity index (χ4v) is 1.79. The van der Waals surface area contributed by atoms with Crippen LogP contribution in [0.4, 0.5) is 0 Å². The SMILES string of the molecule is CNCCCC(=O)NCCCCN1C(=O)C=CC1=O. The van der Waals surface area contributed by atoms with Crippen LogP contribution >= 0.6 is 0 Å². The van der Waals surface area contributed by atoms with Gasteiger partial charge in [0.2, 0.25) is 5.91 Å². The van der Waals surface area contributed by atoms with E-state index in [1.54, 1.807) is 0 Å². The molecule has 2 N–H and O–H groups in total. The van der Waals surface area contributed by atoms with Gasteiger partial charge >= 0.3 is 0 Å². The monoisotopic (exact) mass is 267 g/mol. The summed E-state index contributed by atoms with van der Waals surface area (Å²) in [5, 5.41) is 5.80. The third-order valence-corrected chi connectivity index (χ3v) is 2.86. The first kappa shape index (κ1) is 15.4. The highest BCUT2D eigenvalue weighted by molar-refractivity contribution is 6.12. The topological polar surface area (TPSA) is 78.5 Å². The highest BCUT2D eigenvalue weighted by Gasteiger charge is 2.22. The van der Waals surface area contributed by atoms with E-state index in [-0.39, 0.29) is 17.7 Å². The second-order valence-electron chi connectivity index (χ2n) is 4.43. The molecule has 0 saturated carbocycles. The van der Waals surface area contributed by atoms with Crippen molar-refractivity contribution >= 4 is 17.7 Å². The molecule has 0 aromatic carbocycles. The second kappa shape index (κ2) is 8.42. The van der Waals surface area contributed by atoms with E-state index in [0.29, 0.717) is 25.9 Å². The van der Waals surface area contributed by atoms with Crippen molar-refractivity contribution in [3.63, 3.8) is 0 Å². The molecule has 0 aromatic rings. The van der Waals surface area contributed by atoms with E-state index in [2.05, 4.69) is 10.6 Å². The molecule has 0 atom stereocenters. The largest absolute Gasteiger partial charge is 0.356 e. The van der Waals surface area contributed by atoms with Crippen LogP contribution in [0.2, 0.25) is 0 Å². The van der Waals surface area contributed by atoms with Crippen molar-refractivity contribution in [3.05, 3.63) is 12.2 Å². The lowest BCUT2D eigenvalue weighted by Crippen LogP contribution is -2.31. The number of amides is 3. The molecular weight excluding hydrogens is 246 g/mol. The van der Waals surface area contributed by atoms with Gasteiger partial charge in [0.25, 0.3) is 11.8 Å². The number of rotatable bonds is 9. The zero-order valence-corrected chi connectivity index (χ0v) is 11.3. The van der Waals surface area contributed by atoms with Crippen LogP contribution in [0, 0.1) is 0 Å². The number of carbonyl (C=O) groups excluding carboxylic acids is 3. The summed E-state index contributed by atoms with van der Waals surface area (Å²) < 4.78 is 0. The Morgan fingerprint density at radius 2 is 1.79 bits per heavy atom. The van der Waals surface area contributed by atoms with Crippen LogP contribution in [0.1, 0.15) is 25.7 Å². The first-order valence-corrected chi connectivity index (χ1v) is 6.60. The van der Waals surface area contributed by atoms with Crippen LogP contribution in [0.3, 0.4) is 0 Å². The van der Waals surface area contributed by atoms with E-state index < -0.39 is 0 Å². The van der Waals surface area contributed by atoms with Gasteiger partial charge in [0, 0.05) is 31.7 Å². The predicted octanol–water partition coefficient (Wildman–Crippen LogP) is -0.193. The molecule has 1 heterocycles. The maximum atomic E-state index is 11.4. The minimum Gasteiger partial charge on any atom is -0.356 e. The quantitative estimate of drug-likeness (QED) is 0.448. The van der Waals surface area contributed by atoms with Gasteiger partial charge in [-0.3, -0.25) is 19.3 Å². The molecule has 0 unspecified atom stereocenters. The molecule has 1 aliphatic rings. The van der Waals surface area contributed by atoms with E-state index in [4.69, 9.17) is 0 Å². The van der Waals surface area contributed by atoms with Crippen molar-refractivity contribution < 1.29 is 14.4 Å². The molecule has 0 aromatic heterocycles. The summed E-state index contributed by atoms with van der Waals surface area (Å²) in [5.74, 6) is -0.451. The molecule has 0 aliphatic carbocycles. The fourth-order valence-electron chi connectivity index (χ4n) is 1.79. The third kappa shape index (κ3) is 5.65. The Morgan fingerprint density at radius 3 is 2.42 bits per heavy atom. The summed E-state index contributed by atoms with van der Waals surface area (Å²) in [7, 11) is 1.85. The minimum atomic E-state index is -0.249. The van der Waals surface area contributed by atoms with Gasteiger partial charge < -0.3 is 10.6 Å². The summed E-state index contributed by atoms with van der Waals surface area (Å²) in [6, 6.07) is 0. The number of unbranched alkanes of at least 4 members (excludes halogenated alkanes) is 1. The van der Waals surface area contributed by atoms with E-state index in [1.807, 2.05) is 7.05 Å². The first-order valence-electron chi connectivity index (χ1n) is 6.60. The Hall–Kier alpha value is -1.69. The van der Waals surface area contributed by atoms with E-state index in [9.17, 15) is 14.4 Å². The van der Waals surface area contributed by atoms with Crippen molar-refractivity contribution in [2.45, 2.75) is 25.7 Å². The summed E-state index contributed by atoms with van der Waals surface area (Å²) in [5.41, 5.74) is 0. The van der Waals surface area contributed by atoms with Crippen LogP contribution in [-0.2, 0) is 14.4 Å². The Balaban J connectivity index is 2.01. The van der Waals surface area contributed by atoms with Crippen molar-refractivity contribution in [2.75, 3.05) is 26.7 Å². The number of carbonyl (C=O) groups is 3. The summed E-state index contributed by atoms with van der Waals surface area (Å²) in [6.07, 6.45) is 5.38. The highest BCUT2D eigenvalue weighted by atomic mass is 16.2. The van der Waals surface area contributed by atoms with Crippen molar-refractivity contribution in [1.82, 2.24) is 15.5 Å². The van der Waals surface area contributed by atoms with Crippen LogP contribution in [0.25, 0.3) is 0 Å². The lowest BCUT2D eigenvalue weighted by molar-refractivity contribution is -0.136. The molecule has 3 amide bonds. The maximum absolute atomic E-state index is 11.4. The number of nitrogens with zero attached hydrogens (tertiary/aromatic N) is 1. The molecule has 1 aliphatic heterocycles. The standard InChI is InChI=1S/C13H21N3O3/c1-14-8-4-5-11(17)15-9-2-3-10-16-12(18)6-7-13(16)19/h6-7,14H,2-5,8-10H2,1H3,(H,15,17). The van der Waals surface area contributed by atoms with Crippen LogP contribution < -0.4 is 10.6 Å². The smallest absolute Gasteiger partial charge is 0.253 e. The van der Waals surface area contributed by atoms with Crippen molar-refractivity contribution in [1.29, 1.82) is 0 Å². The van der Waals surface area contributed by atoms with Gasteiger partial charge in [-0.25, -0.2) is 0 Å². The zero-order chi connectivity index (χ0) is 14.1. The molecule has 0 fully saturated rings. The summed E-state index contributed by atoms with van der Waals surface area (Å²) >= 11 is 0. The lowest BCUT2D eigenvalue weighted by Gasteiger charge is -2.13. The molecule has 106 valence electrons. The Bertz CT molecular complexity index is 348. The van der Waals surface area contributed by atoms with Gasteiger partial charge in [-0.05, 0) is 32.9 Å². The molecule has 1 rings (SSSR count). The van der Waals surface area contributed by atoms with Gasteiger partial charge in [0.05, 0.1) is 0 Å². The second-order valence-corrected chi connectivity index (χ2v) is 4.43. The van der Waals surface area contributed by atoms with Crippen LogP contribution in [0.5, 0.6) is 0 Å². The average molecular weight is 267 g/mol. The average Bonchev–Trinajstić information content (AvgIpc) is 2.70. The molecule has 6 heteroatoms. The summed E-state index contributed by atoms with van der Waals surface area (Å²) in [6.45, 7) is 1.84. The zero-order valence-electron chi connectivity index (χ0n) is 11.3. The van der Waals surface area contributed by atoms with Gasteiger partial charge in [-0.2, -0.15) is 0 Å². The normalized spacial score (nSPS) is 14.3. The first-order chi connectivity index (χ1) is 9.15. The van der Waals surface area contributed by atoms with Crippen LogP contribution in [-0.4, -0.2) is 49.3 Å². The molecular formula is C13H21N3O3. The summed E-state index contributed by atoms with van der Waals surface area (Å²) in [4.78, 5) is 35.1. The maximum Gasteiger partial charge on any atom is 0.253 e. The van der Waals surface area contributed by atoms with Crippen LogP contribution in [0.15, 0.2) is 12.2 Å². The Kier molecular flexibility index (Phi) is 6.81. The van der Waals surface area contributed by atoms with Gasteiger partial charge in [-0.15, -0.1) is 0 Å². The fraction of sp³-hybridized carbons (Fsp3) is 0.615. The molecule has 0 spiro atoms. The number of hydrogen-bond donors (Lipinski definition) is 2. The lowest BCUT2D eigenvalue weighted by atomic mass is 10.2. The number of hydrogen-bond acceptors (Lipinski definition) is 4. The Labute approximate surface area is 113 Å². The van der Waals surface area contributed by atoms with Crippen molar-refractivity contribution in [2.24, 2.45) is 0 Å². The van der Waals surface area contributed by atoms with Gasteiger partial charge in [0.15, 0.2) is 0 Å². The van der Waals surface area contributed by atoms with E-state index >= 15 is 0 Å². The minimum absolute atomic E-state index is 0.0465. The molecule has 0 bridgehead atoms. The Morgan fingerprint density at radius 1 is 1.11 bits per heavy atom. The highest BCUT2D eigenvalue weighted by Crippen LogP contribution is 2.05. The van der Waals surface area contributed by atoms with Gasteiger partial charge in [-0.1, -0.05) is 0 Å². The van der Waals surface area contributed by atoms with E-state index in [1.165, 1.54) is 17.1 Å². The molecule has 0 saturated heterocycles.